The van der Waals surface area contributed by atoms with Crippen molar-refractivity contribution in [2.45, 2.75) is 13.1 Å². The van der Waals surface area contributed by atoms with Crippen LogP contribution in [-0.2, 0) is 17.8 Å². The number of aromatic nitrogens is 2. The smallest absolute Gasteiger partial charge is 0.323 e. The van der Waals surface area contributed by atoms with Crippen molar-refractivity contribution in [2.75, 3.05) is 42.3 Å². The van der Waals surface area contributed by atoms with E-state index in [9.17, 15) is 9.18 Å². The molecule has 3 N–H and O–H groups in total. The Hall–Kier alpha value is -3.72. The predicted molar refractivity (Wildman–Crippen MR) is 120 cm³/mol. The van der Waals surface area contributed by atoms with Crippen LogP contribution < -0.4 is 16.0 Å². The molecule has 0 atom stereocenters. The third kappa shape index (κ3) is 4.06. The molecule has 8 nitrogen and oxygen atoms in total. The fourth-order valence-electron chi connectivity index (χ4n) is 3.91. The second-order valence-corrected chi connectivity index (χ2v) is 7.84. The number of nitrogens with zero attached hydrogens (tertiary/aromatic N) is 4. The van der Waals surface area contributed by atoms with Gasteiger partial charge in [-0.3, -0.25) is 5.32 Å². The number of nitrogen functional groups attached to an aromatic ring is 1. The van der Waals surface area contributed by atoms with Gasteiger partial charge in [0.25, 0.3) is 0 Å². The number of benzene rings is 1. The molecule has 2 aromatic heterocycles. The average molecular weight is 434 g/mol. The maximum atomic E-state index is 13.2. The molecular weight excluding hydrogens is 411 g/mol. The Morgan fingerprint density at radius 2 is 1.81 bits per heavy atom. The van der Waals surface area contributed by atoms with E-state index in [1.54, 1.807) is 29.2 Å². The molecule has 2 amide bonds. The summed E-state index contributed by atoms with van der Waals surface area (Å²) in [5, 5.41) is 2.82. The molecule has 0 saturated carbocycles. The zero-order valence-corrected chi connectivity index (χ0v) is 17.4. The number of hydrogen-bond acceptors (Lipinski definition) is 6. The SMILES string of the molecule is Nc1ccc(-c2ccc(F)cc2)nc1NC(=O)N1Cc2cnc(N3CCOCC3)cc2C1. The number of ether oxygens (including phenoxy) is 1. The van der Waals surface area contributed by atoms with Crippen LogP contribution in [0.4, 0.5) is 26.5 Å². The van der Waals surface area contributed by atoms with Gasteiger partial charge in [0.1, 0.15) is 11.6 Å². The first-order chi connectivity index (χ1) is 15.6. The molecule has 1 aromatic carbocycles. The van der Waals surface area contributed by atoms with Crippen molar-refractivity contribution in [1.29, 1.82) is 0 Å². The molecule has 2 aliphatic rings. The van der Waals surface area contributed by atoms with Crippen LogP contribution in [-0.4, -0.2) is 47.2 Å². The van der Waals surface area contributed by atoms with E-state index in [2.05, 4.69) is 26.3 Å². The number of halogens is 1. The fraction of sp³-hybridized carbons (Fsp3) is 0.261. The minimum atomic E-state index is -0.322. The molecule has 1 fully saturated rings. The summed E-state index contributed by atoms with van der Waals surface area (Å²) >= 11 is 0. The van der Waals surface area contributed by atoms with E-state index < -0.39 is 0 Å². The lowest BCUT2D eigenvalue weighted by molar-refractivity contribution is 0.122. The molecule has 2 aliphatic heterocycles. The van der Waals surface area contributed by atoms with Gasteiger partial charge in [0, 0.05) is 37.9 Å². The van der Waals surface area contributed by atoms with E-state index in [0.717, 1.165) is 35.6 Å². The molecule has 32 heavy (non-hydrogen) atoms. The van der Waals surface area contributed by atoms with E-state index in [0.29, 0.717) is 37.7 Å². The molecule has 0 radical (unpaired) electrons. The fourth-order valence-corrected chi connectivity index (χ4v) is 3.91. The van der Waals surface area contributed by atoms with Crippen molar-refractivity contribution >= 4 is 23.4 Å². The van der Waals surface area contributed by atoms with Crippen LogP contribution in [0.5, 0.6) is 0 Å². The van der Waals surface area contributed by atoms with Gasteiger partial charge < -0.3 is 20.3 Å². The van der Waals surface area contributed by atoms with Gasteiger partial charge in [-0.2, -0.15) is 0 Å². The van der Waals surface area contributed by atoms with Crippen molar-refractivity contribution in [3.63, 3.8) is 0 Å². The average Bonchev–Trinajstić information content (AvgIpc) is 3.25. The third-order valence-corrected chi connectivity index (χ3v) is 5.70. The highest BCUT2D eigenvalue weighted by Gasteiger charge is 2.26. The minimum absolute atomic E-state index is 0.278. The van der Waals surface area contributed by atoms with Crippen molar-refractivity contribution in [2.24, 2.45) is 0 Å². The van der Waals surface area contributed by atoms with Gasteiger partial charge in [-0.05, 0) is 53.6 Å². The molecule has 5 rings (SSSR count). The molecule has 0 bridgehead atoms. The van der Waals surface area contributed by atoms with E-state index >= 15 is 0 Å². The summed E-state index contributed by atoms with van der Waals surface area (Å²) < 4.78 is 18.6. The Morgan fingerprint density at radius 3 is 2.59 bits per heavy atom. The first-order valence-electron chi connectivity index (χ1n) is 10.5. The summed E-state index contributed by atoms with van der Waals surface area (Å²) in [7, 11) is 0. The monoisotopic (exact) mass is 434 g/mol. The van der Waals surface area contributed by atoms with Crippen LogP contribution in [0.3, 0.4) is 0 Å². The summed E-state index contributed by atoms with van der Waals surface area (Å²) in [6.45, 7) is 3.96. The first-order valence-corrected chi connectivity index (χ1v) is 10.5. The highest BCUT2D eigenvalue weighted by atomic mass is 19.1. The first kappa shape index (κ1) is 20.2. The number of amides is 2. The number of fused-ring (bicyclic) bond motifs is 1. The maximum absolute atomic E-state index is 13.2. The Morgan fingerprint density at radius 1 is 1.06 bits per heavy atom. The summed E-state index contributed by atoms with van der Waals surface area (Å²) in [5.41, 5.74) is 9.84. The Bertz CT molecular complexity index is 1150. The number of carbonyl (C=O) groups is 1. The summed E-state index contributed by atoms with van der Waals surface area (Å²) in [4.78, 5) is 25.9. The number of carbonyl (C=O) groups excluding carboxylic acids is 1. The lowest BCUT2D eigenvalue weighted by atomic mass is 10.1. The van der Waals surface area contributed by atoms with Crippen LogP contribution in [0.25, 0.3) is 11.3 Å². The van der Waals surface area contributed by atoms with Gasteiger partial charge >= 0.3 is 6.03 Å². The lowest BCUT2D eigenvalue weighted by Crippen LogP contribution is -2.36. The number of morpholine rings is 1. The molecule has 164 valence electrons. The minimum Gasteiger partial charge on any atom is -0.396 e. The molecule has 9 heteroatoms. The van der Waals surface area contributed by atoms with Gasteiger partial charge in [-0.25, -0.2) is 19.2 Å². The topological polar surface area (TPSA) is 96.6 Å². The van der Waals surface area contributed by atoms with Crippen molar-refractivity contribution in [1.82, 2.24) is 14.9 Å². The zero-order chi connectivity index (χ0) is 22.1. The standard InChI is InChI=1S/C23H23FN6O2/c24-18-3-1-15(2-4-18)20-6-5-19(25)22(27-20)28-23(31)30-13-16-11-21(26-12-17(16)14-30)29-7-9-32-10-8-29/h1-6,11-12H,7-10,13-14,25H2,(H,27,28,31). The molecule has 0 spiro atoms. The normalized spacial score (nSPS) is 15.5. The number of pyridine rings is 2. The molecular formula is C23H23FN6O2. The zero-order valence-electron chi connectivity index (χ0n) is 17.4. The van der Waals surface area contributed by atoms with Crippen LogP contribution >= 0.6 is 0 Å². The van der Waals surface area contributed by atoms with Crippen LogP contribution in [0.2, 0.25) is 0 Å². The Labute approximate surface area is 184 Å². The van der Waals surface area contributed by atoms with Crippen molar-refractivity contribution < 1.29 is 13.9 Å². The summed E-state index contributed by atoms with van der Waals surface area (Å²) in [6, 6.07) is 11.2. The molecule has 4 heterocycles. The van der Waals surface area contributed by atoms with Crippen LogP contribution in [0.15, 0.2) is 48.7 Å². The second-order valence-electron chi connectivity index (χ2n) is 7.84. The quantitative estimate of drug-likeness (QED) is 0.657. The highest BCUT2D eigenvalue weighted by molar-refractivity contribution is 5.92. The van der Waals surface area contributed by atoms with Crippen LogP contribution in [0, 0.1) is 5.82 Å². The van der Waals surface area contributed by atoms with Gasteiger partial charge in [-0.1, -0.05) is 0 Å². The number of urea groups is 1. The third-order valence-electron chi connectivity index (χ3n) is 5.70. The summed E-state index contributed by atoms with van der Waals surface area (Å²) in [6.07, 6.45) is 1.84. The number of anilines is 3. The largest absolute Gasteiger partial charge is 0.396 e. The van der Waals surface area contributed by atoms with Gasteiger partial charge in [-0.15, -0.1) is 0 Å². The number of rotatable bonds is 3. The lowest BCUT2D eigenvalue weighted by Gasteiger charge is -2.28. The number of hydrogen-bond donors (Lipinski definition) is 2. The molecule has 0 unspecified atom stereocenters. The Kier molecular flexibility index (Phi) is 5.32. The second kappa shape index (κ2) is 8.43. The number of nitrogens with one attached hydrogen (secondary N) is 1. The molecule has 0 aliphatic carbocycles. The maximum Gasteiger partial charge on any atom is 0.323 e. The van der Waals surface area contributed by atoms with E-state index in [1.165, 1.54) is 12.1 Å². The predicted octanol–water partition coefficient (Wildman–Crippen LogP) is 3.25. The molecule has 3 aromatic rings. The van der Waals surface area contributed by atoms with Gasteiger partial charge in [0.2, 0.25) is 0 Å². The Balaban J connectivity index is 1.29. The van der Waals surface area contributed by atoms with Gasteiger partial charge in [0.15, 0.2) is 5.82 Å². The van der Waals surface area contributed by atoms with Crippen molar-refractivity contribution in [3.05, 3.63) is 65.6 Å². The van der Waals surface area contributed by atoms with Crippen LogP contribution in [0.1, 0.15) is 11.1 Å². The van der Waals surface area contributed by atoms with E-state index in [-0.39, 0.29) is 17.7 Å². The molecule has 1 saturated heterocycles. The van der Waals surface area contributed by atoms with E-state index in [4.69, 9.17) is 10.5 Å². The summed E-state index contributed by atoms with van der Waals surface area (Å²) in [5.74, 6) is 0.865. The van der Waals surface area contributed by atoms with E-state index in [1.807, 2.05) is 6.20 Å². The number of nitrogens with two attached hydrogens (primary N) is 1. The highest BCUT2D eigenvalue weighted by Crippen LogP contribution is 2.28. The van der Waals surface area contributed by atoms with Gasteiger partial charge in [0.05, 0.1) is 24.6 Å². The van der Waals surface area contributed by atoms with Crippen molar-refractivity contribution in [3.8, 4) is 11.3 Å².